The van der Waals surface area contributed by atoms with Crippen LogP contribution >= 0.6 is 23.2 Å². The van der Waals surface area contributed by atoms with Gasteiger partial charge in [-0.1, -0.05) is 24.1 Å². The van der Waals surface area contributed by atoms with Gasteiger partial charge in [0.15, 0.2) is 0 Å². The van der Waals surface area contributed by atoms with Crippen LogP contribution in [0, 0.1) is 5.92 Å². The van der Waals surface area contributed by atoms with Crippen LogP contribution in [-0.2, 0) is 12.4 Å². The molecule has 1 aliphatic carbocycles. The van der Waals surface area contributed by atoms with Crippen molar-refractivity contribution < 1.29 is 0 Å². The van der Waals surface area contributed by atoms with Crippen molar-refractivity contribution in [3.63, 3.8) is 0 Å². The second-order valence-corrected chi connectivity index (χ2v) is 5.35. The van der Waals surface area contributed by atoms with E-state index >= 15 is 0 Å². The smallest absolute Gasteiger partial charge is 0.124 e. The van der Waals surface area contributed by atoms with Crippen LogP contribution in [0.3, 0.4) is 0 Å². The summed E-state index contributed by atoms with van der Waals surface area (Å²) in [6.07, 6.45) is 3.97. The van der Waals surface area contributed by atoms with Crippen LogP contribution in [0.4, 0.5) is 0 Å². The molecule has 0 radical (unpaired) electrons. The van der Waals surface area contributed by atoms with Crippen LogP contribution in [0.15, 0.2) is 18.2 Å². The highest BCUT2D eigenvalue weighted by Gasteiger charge is 2.21. The molecule has 0 saturated heterocycles. The SMILES string of the molecule is ClCc1nc2cccc(Cl)c2n1CC1CCC1. The molecule has 90 valence electrons. The maximum Gasteiger partial charge on any atom is 0.124 e. The molecule has 0 atom stereocenters. The summed E-state index contributed by atoms with van der Waals surface area (Å²) in [5.74, 6) is 2.14. The summed E-state index contributed by atoms with van der Waals surface area (Å²) in [5.41, 5.74) is 1.99. The second kappa shape index (κ2) is 4.51. The molecule has 0 amide bonds. The first kappa shape index (κ1) is 11.4. The maximum absolute atomic E-state index is 6.27. The molecule has 0 aliphatic heterocycles. The van der Waals surface area contributed by atoms with Crippen LogP contribution < -0.4 is 0 Å². The normalized spacial score (nSPS) is 16.4. The van der Waals surface area contributed by atoms with Crippen molar-refractivity contribution >= 4 is 34.2 Å². The predicted octanol–water partition coefficient (Wildman–Crippen LogP) is 4.23. The molecular formula is C13H14Cl2N2. The fraction of sp³-hybridized carbons (Fsp3) is 0.462. The van der Waals surface area contributed by atoms with E-state index in [-0.39, 0.29) is 0 Å². The number of halogens is 2. The van der Waals surface area contributed by atoms with Crippen LogP contribution in [0.1, 0.15) is 25.1 Å². The van der Waals surface area contributed by atoms with Crippen molar-refractivity contribution in [3.8, 4) is 0 Å². The fourth-order valence-electron chi connectivity index (χ4n) is 2.42. The van der Waals surface area contributed by atoms with E-state index in [1.54, 1.807) is 0 Å². The summed E-state index contributed by atoms with van der Waals surface area (Å²) in [6, 6.07) is 5.85. The average Bonchev–Trinajstić information content (AvgIpc) is 2.63. The molecule has 17 heavy (non-hydrogen) atoms. The molecule has 0 N–H and O–H groups in total. The zero-order valence-electron chi connectivity index (χ0n) is 9.50. The van der Waals surface area contributed by atoms with Gasteiger partial charge in [0.2, 0.25) is 0 Å². The minimum atomic E-state index is 0.442. The van der Waals surface area contributed by atoms with Crippen molar-refractivity contribution in [3.05, 3.63) is 29.0 Å². The third-order valence-electron chi connectivity index (χ3n) is 3.58. The minimum Gasteiger partial charge on any atom is -0.325 e. The Bertz CT molecular complexity index is 544. The number of rotatable bonds is 3. The summed E-state index contributed by atoms with van der Waals surface area (Å²) in [4.78, 5) is 4.55. The Morgan fingerprint density at radius 1 is 1.35 bits per heavy atom. The zero-order chi connectivity index (χ0) is 11.8. The molecule has 1 aromatic heterocycles. The monoisotopic (exact) mass is 268 g/mol. The lowest BCUT2D eigenvalue weighted by Crippen LogP contribution is -2.19. The summed E-state index contributed by atoms with van der Waals surface area (Å²) >= 11 is 12.2. The van der Waals surface area contributed by atoms with Gasteiger partial charge in [-0.05, 0) is 30.9 Å². The topological polar surface area (TPSA) is 17.8 Å². The van der Waals surface area contributed by atoms with E-state index in [0.717, 1.165) is 34.3 Å². The molecule has 1 aliphatic rings. The van der Waals surface area contributed by atoms with E-state index in [1.807, 2.05) is 18.2 Å². The zero-order valence-corrected chi connectivity index (χ0v) is 11.0. The highest BCUT2D eigenvalue weighted by molar-refractivity contribution is 6.35. The van der Waals surface area contributed by atoms with E-state index in [2.05, 4.69) is 9.55 Å². The number of benzene rings is 1. The first-order chi connectivity index (χ1) is 8.29. The van der Waals surface area contributed by atoms with Gasteiger partial charge in [-0.2, -0.15) is 0 Å². The Balaban J connectivity index is 2.10. The van der Waals surface area contributed by atoms with E-state index in [1.165, 1.54) is 19.3 Å². The van der Waals surface area contributed by atoms with Crippen LogP contribution in [0.5, 0.6) is 0 Å². The Morgan fingerprint density at radius 3 is 2.82 bits per heavy atom. The highest BCUT2D eigenvalue weighted by atomic mass is 35.5. The van der Waals surface area contributed by atoms with E-state index in [0.29, 0.717) is 5.88 Å². The Kier molecular flexibility index (Phi) is 3.01. The molecule has 1 heterocycles. The van der Waals surface area contributed by atoms with Gasteiger partial charge in [-0.3, -0.25) is 0 Å². The second-order valence-electron chi connectivity index (χ2n) is 4.68. The molecule has 2 nitrogen and oxygen atoms in total. The van der Waals surface area contributed by atoms with Gasteiger partial charge in [0.05, 0.1) is 21.9 Å². The predicted molar refractivity (Wildman–Crippen MR) is 71.6 cm³/mol. The minimum absolute atomic E-state index is 0.442. The summed E-state index contributed by atoms with van der Waals surface area (Å²) in [7, 11) is 0. The van der Waals surface area contributed by atoms with Crippen LogP contribution in [0.25, 0.3) is 11.0 Å². The molecule has 1 aromatic carbocycles. The third-order valence-corrected chi connectivity index (χ3v) is 4.13. The summed E-state index contributed by atoms with van der Waals surface area (Å²) in [5, 5.41) is 0.769. The number of para-hydroxylation sites is 1. The van der Waals surface area contributed by atoms with Crippen molar-refractivity contribution in [2.45, 2.75) is 31.7 Å². The van der Waals surface area contributed by atoms with Crippen molar-refractivity contribution in [1.82, 2.24) is 9.55 Å². The lowest BCUT2D eigenvalue weighted by Gasteiger charge is -2.26. The third kappa shape index (κ3) is 1.94. The molecular weight excluding hydrogens is 255 g/mol. The molecule has 3 rings (SSSR count). The summed E-state index contributed by atoms with van der Waals surface area (Å²) < 4.78 is 2.20. The lowest BCUT2D eigenvalue weighted by atomic mass is 9.85. The lowest BCUT2D eigenvalue weighted by molar-refractivity contribution is 0.277. The van der Waals surface area contributed by atoms with Crippen molar-refractivity contribution in [2.24, 2.45) is 5.92 Å². The first-order valence-corrected chi connectivity index (χ1v) is 6.90. The Morgan fingerprint density at radius 2 is 2.18 bits per heavy atom. The van der Waals surface area contributed by atoms with Crippen LogP contribution in [-0.4, -0.2) is 9.55 Å². The van der Waals surface area contributed by atoms with Gasteiger partial charge >= 0.3 is 0 Å². The molecule has 0 bridgehead atoms. The first-order valence-electron chi connectivity index (χ1n) is 5.99. The Hall–Kier alpha value is -0.730. The number of fused-ring (bicyclic) bond motifs is 1. The molecule has 1 saturated carbocycles. The van der Waals surface area contributed by atoms with E-state index in [9.17, 15) is 0 Å². The number of hydrogen-bond donors (Lipinski definition) is 0. The molecule has 2 aromatic rings. The van der Waals surface area contributed by atoms with Gasteiger partial charge in [0.25, 0.3) is 0 Å². The molecule has 0 spiro atoms. The summed E-state index contributed by atoms with van der Waals surface area (Å²) in [6.45, 7) is 1.00. The largest absolute Gasteiger partial charge is 0.325 e. The average molecular weight is 269 g/mol. The number of aromatic nitrogens is 2. The van der Waals surface area contributed by atoms with Gasteiger partial charge in [0, 0.05) is 6.54 Å². The molecule has 1 fully saturated rings. The van der Waals surface area contributed by atoms with Gasteiger partial charge in [0.1, 0.15) is 5.82 Å². The fourth-order valence-corrected chi connectivity index (χ4v) is 2.90. The van der Waals surface area contributed by atoms with Crippen molar-refractivity contribution in [1.29, 1.82) is 0 Å². The van der Waals surface area contributed by atoms with E-state index in [4.69, 9.17) is 23.2 Å². The number of alkyl halides is 1. The highest BCUT2D eigenvalue weighted by Crippen LogP contribution is 2.32. The van der Waals surface area contributed by atoms with Gasteiger partial charge in [-0.25, -0.2) is 4.98 Å². The van der Waals surface area contributed by atoms with Gasteiger partial charge < -0.3 is 4.57 Å². The Labute approximate surface area is 111 Å². The van der Waals surface area contributed by atoms with Crippen molar-refractivity contribution in [2.75, 3.05) is 0 Å². The maximum atomic E-state index is 6.27. The molecule has 4 heteroatoms. The molecule has 0 unspecified atom stereocenters. The number of nitrogens with zero attached hydrogens (tertiary/aromatic N) is 2. The number of imidazole rings is 1. The van der Waals surface area contributed by atoms with E-state index < -0.39 is 0 Å². The quantitative estimate of drug-likeness (QED) is 0.762. The standard InChI is InChI=1S/C13H14Cl2N2/c14-7-12-16-11-6-2-5-10(15)13(11)17(12)8-9-3-1-4-9/h2,5-6,9H,1,3-4,7-8H2. The van der Waals surface area contributed by atoms with Gasteiger partial charge in [-0.15, -0.1) is 11.6 Å². The number of hydrogen-bond acceptors (Lipinski definition) is 1. The van der Waals surface area contributed by atoms with Crippen LogP contribution in [0.2, 0.25) is 5.02 Å².